The van der Waals surface area contributed by atoms with E-state index in [9.17, 15) is 10.1 Å². The van der Waals surface area contributed by atoms with Gasteiger partial charge in [-0.1, -0.05) is 0 Å². The zero-order valence-electron chi connectivity index (χ0n) is 10.6. The van der Waals surface area contributed by atoms with E-state index in [2.05, 4.69) is 16.3 Å². The second kappa shape index (κ2) is 4.66. The van der Waals surface area contributed by atoms with E-state index in [1.54, 1.807) is 13.0 Å². The number of nitrogens with zero attached hydrogens (tertiary/aromatic N) is 2. The molecule has 2 heterocycles. The maximum atomic E-state index is 10.8. The molecule has 0 N–H and O–H groups in total. The van der Waals surface area contributed by atoms with Crippen LogP contribution in [0.5, 0.6) is 0 Å². The van der Waals surface area contributed by atoms with Crippen LogP contribution in [-0.4, -0.2) is 11.5 Å². The second-order valence-corrected chi connectivity index (χ2v) is 5.77. The van der Waals surface area contributed by atoms with E-state index in [4.69, 9.17) is 0 Å². The van der Waals surface area contributed by atoms with Crippen LogP contribution in [-0.2, 0) is 13.0 Å². The summed E-state index contributed by atoms with van der Waals surface area (Å²) in [4.78, 5) is 14.3. The van der Waals surface area contributed by atoms with Crippen LogP contribution in [0.2, 0.25) is 0 Å². The third kappa shape index (κ3) is 2.21. The van der Waals surface area contributed by atoms with Gasteiger partial charge in [0.2, 0.25) is 0 Å². The Morgan fingerprint density at radius 1 is 1.37 bits per heavy atom. The van der Waals surface area contributed by atoms with Crippen LogP contribution < -0.4 is 4.90 Å². The normalized spacial score (nSPS) is 14.3. The Labute approximate surface area is 115 Å². The highest BCUT2D eigenvalue weighted by Crippen LogP contribution is 2.30. The summed E-state index contributed by atoms with van der Waals surface area (Å²) in [6.45, 7) is 3.67. The van der Waals surface area contributed by atoms with Crippen LogP contribution in [0.3, 0.4) is 0 Å². The van der Waals surface area contributed by atoms with Gasteiger partial charge in [0.15, 0.2) is 0 Å². The third-order valence-corrected chi connectivity index (χ3v) is 4.57. The van der Waals surface area contributed by atoms with Crippen molar-refractivity contribution >= 4 is 22.7 Å². The summed E-state index contributed by atoms with van der Waals surface area (Å²) in [5.41, 5.74) is 3.36. The molecule has 0 saturated carbocycles. The molecule has 5 heteroatoms. The number of benzene rings is 1. The van der Waals surface area contributed by atoms with Gasteiger partial charge >= 0.3 is 0 Å². The number of nitro benzene ring substituents is 1. The molecule has 3 rings (SSSR count). The fourth-order valence-electron chi connectivity index (χ4n) is 2.51. The van der Waals surface area contributed by atoms with Crippen molar-refractivity contribution in [2.24, 2.45) is 0 Å². The van der Waals surface area contributed by atoms with Gasteiger partial charge in [-0.05, 0) is 42.5 Å². The first-order valence-corrected chi connectivity index (χ1v) is 7.08. The average molecular weight is 274 g/mol. The van der Waals surface area contributed by atoms with Crippen LogP contribution in [0.25, 0.3) is 0 Å². The van der Waals surface area contributed by atoms with Crippen molar-refractivity contribution in [1.82, 2.24) is 0 Å². The lowest BCUT2D eigenvalue weighted by Crippen LogP contribution is -2.29. The summed E-state index contributed by atoms with van der Waals surface area (Å²) < 4.78 is 0. The Bertz CT molecular complexity index is 636. The summed E-state index contributed by atoms with van der Waals surface area (Å²) in [6.07, 6.45) is 1.06. The first-order chi connectivity index (χ1) is 9.15. The van der Waals surface area contributed by atoms with Crippen molar-refractivity contribution in [3.8, 4) is 0 Å². The molecule has 1 aliphatic rings. The lowest BCUT2D eigenvalue weighted by Gasteiger charge is -2.29. The number of fused-ring (bicyclic) bond motifs is 1. The average Bonchev–Trinajstić information content (AvgIpc) is 2.85. The van der Waals surface area contributed by atoms with Gasteiger partial charge < -0.3 is 4.90 Å². The van der Waals surface area contributed by atoms with Gasteiger partial charge in [0.25, 0.3) is 5.69 Å². The molecule has 1 aromatic carbocycles. The minimum absolute atomic E-state index is 0.192. The SMILES string of the molecule is Cc1cc(N2CCc3sccc3C2)ccc1[N+](=O)[O-]. The molecular weight excluding hydrogens is 260 g/mol. The van der Waals surface area contributed by atoms with Gasteiger partial charge in [-0.2, -0.15) is 0 Å². The van der Waals surface area contributed by atoms with Gasteiger partial charge in [-0.15, -0.1) is 11.3 Å². The fraction of sp³-hybridized carbons (Fsp3) is 0.286. The highest BCUT2D eigenvalue weighted by molar-refractivity contribution is 7.10. The van der Waals surface area contributed by atoms with Gasteiger partial charge in [-0.25, -0.2) is 0 Å². The predicted molar refractivity (Wildman–Crippen MR) is 76.9 cm³/mol. The maximum absolute atomic E-state index is 10.8. The Morgan fingerprint density at radius 2 is 2.21 bits per heavy atom. The highest BCUT2D eigenvalue weighted by atomic mass is 32.1. The minimum atomic E-state index is -0.327. The highest BCUT2D eigenvalue weighted by Gasteiger charge is 2.19. The molecule has 1 aromatic heterocycles. The smallest absolute Gasteiger partial charge is 0.272 e. The summed E-state index contributed by atoms with van der Waals surface area (Å²) in [5.74, 6) is 0. The monoisotopic (exact) mass is 274 g/mol. The van der Waals surface area contributed by atoms with Crippen LogP contribution in [0.4, 0.5) is 11.4 Å². The number of hydrogen-bond acceptors (Lipinski definition) is 4. The van der Waals surface area contributed by atoms with E-state index >= 15 is 0 Å². The fourth-order valence-corrected chi connectivity index (χ4v) is 3.40. The molecule has 0 bridgehead atoms. The van der Waals surface area contributed by atoms with Crippen LogP contribution in [0.1, 0.15) is 16.0 Å². The van der Waals surface area contributed by atoms with Crippen molar-refractivity contribution in [1.29, 1.82) is 0 Å². The van der Waals surface area contributed by atoms with E-state index < -0.39 is 0 Å². The largest absolute Gasteiger partial charge is 0.367 e. The summed E-state index contributed by atoms with van der Waals surface area (Å²) in [5, 5.41) is 13.0. The van der Waals surface area contributed by atoms with Crippen LogP contribution in [0, 0.1) is 17.0 Å². The van der Waals surface area contributed by atoms with E-state index in [-0.39, 0.29) is 10.6 Å². The lowest BCUT2D eigenvalue weighted by molar-refractivity contribution is -0.385. The zero-order chi connectivity index (χ0) is 13.4. The number of hydrogen-bond donors (Lipinski definition) is 0. The van der Waals surface area contributed by atoms with E-state index in [0.29, 0.717) is 0 Å². The molecule has 0 unspecified atom stereocenters. The van der Waals surface area contributed by atoms with Crippen molar-refractivity contribution in [2.45, 2.75) is 19.9 Å². The molecule has 98 valence electrons. The Balaban J connectivity index is 1.88. The minimum Gasteiger partial charge on any atom is -0.367 e. The maximum Gasteiger partial charge on any atom is 0.272 e. The molecule has 19 heavy (non-hydrogen) atoms. The first kappa shape index (κ1) is 12.2. The molecule has 1 aliphatic heterocycles. The number of anilines is 1. The van der Waals surface area contributed by atoms with Crippen molar-refractivity contribution < 1.29 is 4.92 Å². The first-order valence-electron chi connectivity index (χ1n) is 6.20. The Hall–Kier alpha value is -1.88. The molecule has 4 nitrogen and oxygen atoms in total. The van der Waals surface area contributed by atoms with Crippen LogP contribution in [0.15, 0.2) is 29.6 Å². The molecule has 0 radical (unpaired) electrons. The molecule has 0 saturated heterocycles. The Kier molecular flexibility index (Phi) is 2.98. The van der Waals surface area contributed by atoms with Crippen molar-refractivity contribution in [3.05, 3.63) is 55.8 Å². The molecule has 0 fully saturated rings. The summed E-state index contributed by atoms with van der Waals surface area (Å²) in [7, 11) is 0. The number of aryl methyl sites for hydroxylation is 1. The third-order valence-electron chi connectivity index (χ3n) is 3.55. The summed E-state index contributed by atoms with van der Waals surface area (Å²) in [6, 6.07) is 7.54. The number of rotatable bonds is 2. The molecule has 0 spiro atoms. The molecule has 0 atom stereocenters. The van der Waals surface area contributed by atoms with E-state index in [0.717, 1.165) is 30.8 Å². The number of nitro groups is 1. The van der Waals surface area contributed by atoms with Crippen molar-refractivity contribution in [3.63, 3.8) is 0 Å². The van der Waals surface area contributed by atoms with Crippen molar-refractivity contribution in [2.75, 3.05) is 11.4 Å². The molecule has 0 amide bonds. The molecule has 2 aromatic rings. The number of thiophene rings is 1. The van der Waals surface area contributed by atoms with Crippen LogP contribution >= 0.6 is 11.3 Å². The molecule has 0 aliphatic carbocycles. The zero-order valence-corrected chi connectivity index (χ0v) is 11.4. The van der Waals surface area contributed by atoms with E-state index in [1.165, 1.54) is 10.4 Å². The quantitative estimate of drug-likeness (QED) is 0.621. The second-order valence-electron chi connectivity index (χ2n) is 4.77. The van der Waals surface area contributed by atoms with Gasteiger partial charge in [-0.3, -0.25) is 10.1 Å². The van der Waals surface area contributed by atoms with Gasteiger partial charge in [0, 0.05) is 35.3 Å². The standard InChI is InChI=1S/C14H14N2O2S/c1-10-8-12(2-3-13(10)16(17)18)15-6-4-14-11(9-15)5-7-19-14/h2-3,5,7-8H,4,6,9H2,1H3. The van der Waals surface area contributed by atoms with Gasteiger partial charge in [0.1, 0.15) is 0 Å². The lowest BCUT2D eigenvalue weighted by atomic mass is 10.1. The summed E-state index contributed by atoms with van der Waals surface area (Å²) >= 11 is 1.82. The Morgan fingerprint density at radius 3 is 2.95 bits per heavy atom. The topological polar surface area (TPSA) is 46.4 Å². The predicted octanol–water partition coefficient (Wildman–Crippen LogP) is 3.53. The van der Waals surface area contributed by atoms with E-state index in [1.807, 2.05) is 23.5 Å². The molecular formula is C14H14N2O2S. The van der Waals surface area contributed by atoms with Gasteiger partial charge in [0.05, 0.1) is 4.92 Å².